The molecule has 1 aromatic carbocycles. The fourth-order valence-electron chi connectivity index (χ4n) is 3.04. The lowest BCUT2D eigenvalue weighted by atomic mass is 10.0. The molecule has 2 N–H and O–H groups in total. The monoisotopic (exact) mass is 330 g/mol. The van der Waals surface area contributed by atoms with Gasteiger partial charge in [-0.3, -0.25) is 14.4 Å². The Kier molecular flexibility index (Phi) is 7.46. The minimum Gasteiger partial charge on any atom is -0.354 e. The second-order valence-electron chi connectivity index (χ2n) is 6.34. The number of rotatable bonds is 9. The first-order chi connectivity index (χ1) is 11.6. The summed E-state index contributed by atoms with van der Waals surface area (Å²) in [6, 6.07) is 8.97. The number of carbonyl (C=O) groups excluding carboxylic acids is 3. The maximum absolute atomic E-state index is 11.9. The fourth-order valence-corrected chi connectivity index (χ4v) is 3.04. The van der Waals surface area contributed by atoms with Crippen LogP contribution in [0.25, 0.3) is 0 Å². The van der Waals surface area contributed by atoms with Crippen LogP contribution in [0, 0.1) is 5.92 Å². The van der Waals surface area contributed by atoms with Crippen LogP contribution >= 0.6 is 0 Å². The lowest BCUT2D eigenvalue weighted by Crippen LogP contribution is -2.35. The lowest BCUT2D eigenvalue weighted by molar-refractivity contribution is -0.123. The molecule has 130 valence electrons. The molecule has 1 aliphatic carbocycles. The van der Waals surface area contributed by atoms with Gasteiger partial charge >= 0.3 is 0 Å². The van der Waals surface area contributed by atoms with Crippen molar-refractivity contribution in [2.24, 2.45) is 5.92 Å². The predicted octanol–water partition coefficient (Wildman–Crippen LogP) is 2.46. The highest BCUT2D eigenvalue weighted by Crippen LogP contribution is 2.27. The van der Waals surface area contributed by atoms with E-state index in [1.807, 2.05) is 18.2 Å². The van der Waals surface area contributed by atoms with E-state index < -0.39 is 0 Å². The first-order valence-electron chi connectivity index (χ1n) is 8.77. The van der Waals surface area contributed by atoms with Crippen LogP contribution in [0.4, 0.5) is 0 Å². The van der Waals surface area contributed by atoms with Crippen molar-refractivity contribution in [2.75, 3.05) is 13.1 Å². The van der Waals surface area contributed by atoms with Crippen molar-refractivity contribution in [3.8, 4) is 0 Å². The zero-order chi connectivity index (χ0) is 17.2. The second kappa shape index (κ2) is 9.85. The van der Waals surface area contributed by atoms with E-state index in [1.165, 1.54) is 12.8 Å². The van der Waals surface area contributed by atoms with Gasteiger partial charge in [-0.2, -0.15) is 0 Å². The molecule has 0 bridgehead atoms. The van der Waals surface area contributed by atoms with Gasteiger partial charge < -0.3 is 10.6 Å². The third kappa shape index (κ3) is 6.52. The molecule has 0 heterocycles. The summed E-state index contributed by atoms with van der Waals surface area (Å²) >= 11 is 0. The van der Waals surface area contributed by atoms with Crippen molar-refractivity contribution in [1.82, 2.24) is 10.6 Å². The van der Waals surface area contributed by atoms with E-state index in [1.54, 1.807) is 12.1 Å². The molecule has 0 unspecified atom stereocenters. The summed E-state index contributed by atoms with van der Waals surface area (Å²) in [6.45, 7) is 0.832. The minimum absolute atomic E-state index is 0.0318. The van der Waals surface area contributed by atoms with Crippen LogP contribution in [0.1, 0.15) is 55.3 Å². The standard InChI is InChI=1S/C19H26N2O3/c22-17(16-8-2-1-3-9-16)10-11-18(23)20-12-13-21-19(24)14-15-6-4-5-7-15/h1-3,8-9,15H,4-7,10-14H2,(H,20,23)(H,21,24). The van der Waals surface area contributed by atoms with Gasteiger partial charge in [0.2, 0.25) is 11.8 Å². The highest BCUT2D eigenvalue weighted by Gasteiger charge is 2.18. The molecule has 0 spiro atoms. The van der Waals surface area contributed by atoms with E-state index in [4.69, 9.17) is 0 Å². The Labute approximate surface area is 143 Å². The number of hydrogen-bond acceptors (Lipinski definition) is 3. The number of Topliss-reactive ketones (excluding diaryl/α,β-unsaturated/α-hetero) is 1. The van der Waals surface area contributed by atoms with Gasteiger partial charge in [0.15, 0.2) is 5.78 Å². The Morgan fingerprint density at radius 3 is 2.17 bits per heavy atom. The minimum atomic E-state index is -0.163. The van der Waals surface area contributed by atoms with E-state index >= 15 is 0 Å². The SMILES string of the molecule is O=C(CCC(=O)c1ccccc1)NCCNC(=O)CC1CCCC1. The molecule has 24 heavy (non-hydrogen) atoms. The third-order valence-corrected chi connectivity index (χ3v) is 4.39. The van der Waals surface area contributed by atoms with Crippen molar-refractivity contribution >= 4 is 17.6 Å². The van der Waals surface area contributed by atoms with Gasteiger partial charge in [-0.15, -0.1) is 0 Å². The van der Waals surface area contributed by atoms with Crippen LogP contribution in [0.15, 0.2) is 30.3 Å². The molecular weight excluding hydrogens is 304 g/mol. The Morgan fingerprint density at radius 2 is 1.50 bits per heavy atom. The smallest absolute Gasteiger partial charge is 0.220 e. The first-order valence-corrected chi connectivity index (χ1v) is 8.77. The Bertz CT molecular complexity index is 551. The first kappa shape index (κ1) is 18.2. The summed E-state index contributed by atoms with van der Waals surface area (Å²) in [4.78, 5) is 35.4. The molecular formula is C19H26N2O3. The average molecular weight is 330 g/mol. The van der Waals surface area contributed by atoms with Gasteiger partial charge in [-0.25, -0.2) is 0 Å². The highest BCUT2D eigenvalue weighted by atomic mass is 16.2. The Hall–Kier alpha value is -2.17. The second-order valence-corrected chi connectivity index (χ2v) is 6.34. The van der Waals surface area contributed by atoms with Crippen molar-refractivity contribution in [1.29, 1.82) is 0 Å². The molecule has 0 atom stereocenters. The van der Waals surface area contributed by atoms with E-state index in [0.717, 1.165) is 12.8 Å². The summed E-state index contributed by atoms with van der Waals surface area (Å²) in [5, 5.41) is 5.57. The lowest BCUT2D eigenvalue weighted by Gasteiger charge is -2.10. The fraction of sp³-hybridized carbons (Fsp3) is 0.526. The molecule has 0 aliphatic heterocycles. The van der Waals surface area contributed by atoms with Gasteiger partial charge in [0.05, 0.1) is 0 Å². The molecule has 1 aromatic rings. The number of nitrogens with one attached hydrogen (secondary N) is 2. The molecule has 0 saturated heterocycles. The van der Waals surface area contributed by atoms with E-state index in [-0.39, 0.29) is 30.4 Å². The van der Waals surface area contributed by atoms with Crippen LogP contribution < -0.4 is 10.6 Å². The van der Waals surface area contributed by atoms with Crippen LogP contribution in [-0.4, -0.2) is 30.7 Å². The third-order valence-electron chi connectivity index (χ3n) is 4.39. The van der Waals surface area contributed by atoms with Crippen LogP contribution in [0.3, 0.4) is 0 Å². The average Bonchev–Trinajstić information content (AvgIpc) is 3.10. The molecule has 5 nitrogen and oxygen atoms in total. The quantitative estimate of drug-likeness (QED) is 0.539. The Morgan fingerprint density at radius 1 is 0.875 bits per heavy atom. The van der Waals surface area contributed by atoms with Crippen molar-refractivity contribution in [3.63, 3.8) is 0 Å². The summed E-state index contributed by atoms with van der Waals surface area (Å²) in [6.07, 6.45) is 5.73. The number of carbonyl (C=O) groups is 3. The van der Waals surface area contributed by atoms with Gasteiger partial charge in [0.25, 0.3) is 0 Å². The molecule has 0 radical (unpaired) electrons. The van der Waals surface area contributed by atoms with Gasteiger partial charge in [-0.1, -0.05) is 43.2 Å². The zero-order valence-corrected chi connectivity index (χ0v) is 14.1. The number of hydrogen-bond donors (Lipinski definition) is 2. The van der Waals surface area contributed by atoms with Gasteiger partial charge in [-0.05, 0) is 18.8 Å². The van der Waals surface area contributed by atoms with Crippen molar-refractivity contribution in [2.45, 2.75) is 44.9 Å². The van der Waals surface area contributed by atoms with E-state index in [9.17, 15) is 14.4 Å². The topological polar surface area (TPSA) is 75.3 Å². The normalized spacial score (nSPS) is 14.3. The summed E-state index contributed by atoms with van der Waals surface area (Å²) in [5.74, 6) is 0.402. The molecule has 5 heteroatoms. The van der Waals surface area contributed by atoms with Crippen LogP contribution in [0.2, 0.25) is 0 Å². The number of benzene rings is 1. The maximum atomic E-state index is 11.9. The number of ketones is 1. The zero-order valence-electron chi connectivity index (χ0n) is 14.1. The molecule has 1 fully saturated rings. The highest BCUT2D eigenvalue weighted by molar-refractivity contribution is 5.97. The predicted molar refractivity (Wildman–Crippen MR) is 92.6 cm³/mol. The van der Waals surface area contributed by atoms with Crippen LogP contribution in [0.5, 0.6) is 0 Å². The maximum Gasteiger partial charge on any atom is 0.220 e. The van der Waals surface area contributed by atoms with Crippen molar-refractivity contribution < 1.29 is 14.4 Å². The summed E-state index contributed by atoms with van der Waals surface area (Å²) < 4.78 is 0. The largest absolute Gasteiger partial charge is 0.354 e. The van der Waals surface area contributed by atoms with Gasteiger partial charge in [0, 0.05) is 37.9 Å². The van der Waals surface area contributed by atoms with E-state index in [2.05, 4.69) is 10.6 Å². The molecule has 1 saturated carbocycles. The van der Waals surface area contributed by atoms with Gasteiger partial charge in [0.1, 0.15) is 0 Å². The molecule has 2 amide bonds. The van der Waals surface area contributed by atoms with Crippen molar-refractivity contribution in [3.05, 3.63) is 35.9 Å². The summed E-state index contributed by atoms with van der Waals surface area (Å²) in [5.41, 5.74) is 0.629. The van der Waals surface area contributed by atoms with Crippen LogP contribution in [-0.2, 0) is 9.59 Å². The molecule has 1 aliphatic rings. The molecule has 2 rings (SSSR count). The molecule has 0 aromatic heterocycles. The summed E-state index contributed by atoms with van der Waals surface area (Å²) in [7, 11) is 0. The number of amides is 2. The Balaban J connectivity index is 1.53. The van der Waals surface area contributed by atoms with E-state index in [0.29, 0.717) is 31.0 Å².